The van der Waals surface area contributed by atoms with Crippen LogP contribution in [0.25, 0.3) is 0 Å². The normalized spacial score (nSPS) is 10.3. The van der Waals surface area contributed by atoms with E-state index in [0.717, 1.165) is 6.20 Å². The van der Waals surface area contributed by atoms with E-state index in [-0.39, 0.29) is 16.9 Å². The van der Waals surface area contributed by atoms with Crippen LogP contribution >= 0.6 is 0 Å². The molecule has 1 aromatic heterocycles. The Morgan fingerprint density at radius 1 is 1.16 bits per heavy atom. The van der Waals surface area contributed by atoms with Crippen LogP contribution < -0.4 is 11.1 Å². The van der Waals surface area contributed by atoms with Gasteiger partial charge in [0.1, 0.15) is 0 Å². The van der Waals surface area contributed by atoms with Gasteiger partial charge >= 0.3 is 0 Å². The molecule has 0 aliphatic heterocycles. The molecule has 0 atom stereocenters. The number of hydrogen-bond donors (Lipinski definition) is 2. The SMILES string of the molecule is Nc1cc(F)c(F)cc1C(=O)Nc1ccncc1F. The van der Waals surface area contributed by atoms with E-state index in [4.69, 9.17) is 5.73 Å². The van der Waals surface area contributed by atoms with Crippen molar-refractivity contribution in [2.75, 3.05) is 11.1 Å². The fourth-order valence-electron chi connectivity index (χ4n) is 1.43. The van der Waals surface area contributed by atoms with Crippen LogP contribution in [0.2, 0.25) is 0 Å². The zero-order valence-electron chi connectivity index (χ0n) is 9.45. The van der Waals surface area contributed by atoms with E-state index >= 15 is 0 Å². The van der Waals surface area contributed by atoms with Gasteiger partial charge in [-0.15, -0.1) is 0 Å². The molecule has 0 aliphatic carbocycles. The molecule has 0 radical (unpaired) electrons. The van der Waals surface area contributed by atoms with Gasteiger partial charge < -0.3 is 11.1 Å². The summed E-state index contributed by atoms with van der Waals surface area (Å²) in [6.07, 6.45) is 2.18. The quantitative estimate of drug-likeness (QED) is 0.820. The van der Waals surface area contributed by atoms with E-state index in [1.165, 1.54) is 12.3 Å². The van der Waals surface area contributed by atoms with Gasteiger partial charge in [-0.1, -0.05) is 0 Å². The molecule has 1 aromatic carbocycles. The maximum absolute atomic E-state index is 13.3. The minimum absolute atomic E-state index is 0.135. The molecule has 3 N–H and O–H groups in total. The number of carbonyl (C=O) groups is 1. The lowest BCUT2D eigenvalue weighted by Crippen LogP contribution is -2.15. The third-order valence-corrected chi connectivity index (χ3v) is 2.36. The van der Waals surface area contributed by atoms with Crippen LogP contribution in [0.5, 0.6) is 0 Å². The van der Waals surface area contributed by atoms with E-state index in [0.29, 0.717) is 12.1 Å². The number of anilines is 2. The van der Waals surface area contributed by atoms with E-state index in [9.17, 15) is 18.0 Å². The second-order valence-electron chi connectivity index (χ2n) is 3.66. The Morgan fingerprint density at radius 2 is 1.84 bits per heavy atom. The summed E-state index contributed by atoms with van der Waals surface area (Å²) in [5.41, 5.74) is 4.75. The molecule has 1 heterocycles. The van der Waals surface area contributed by atoms with Crippen LogP contribution in [0.15, 0.2) is 30.6 Å². The maximum atomic E-state index is 13.3. The van der Waals surface area contributed by atoms with E-state index < -0.39 is 23.4 Å². The molecule has 0 unspecified atom stereocenters. The minimum atomic E-state index is -1.21. The van der Waals surface area contributed by atoms with Crippen molar-refractivity contribution in [3.8, 4) is 0 Å². The summed E-state index contributed by atoms with van der Waals surface area (Å²) in [6, 6.07) is 2.57. The lowest BCUT2D eigenvalue weighted by molar-refractivity contribution is 0.102. The molecule has 4 nitrogen and oxygen atoms in total. The monoisotopic (exact) mass is 267 g/mol. The number of nitrogen functional groups attached to an aromatic ring is 1. The van der Waals surface area contributed by atoms with Crippen LogP contribution in [-0.2, 0) is 0 Å². The Kier molecular flexibility index (Phi) is 3.37. The topological polar surface area (TPSA) is 68.0 Å². The lowest BCUT2D eigenvalue weighted by Gasteiger charge is -2.08. The zero-order valence-corrected chi connectivity index (χ0v) is 9.45. The van der Waals surface area contributed by atoms with Gasteiger partial charge in [0, 0.05) is 18.0 Å². The van der Waals surface area contributed by atoms with Gasteiger partial charge in [-0.05, 0) is 12.1 Å². The summed E-state index contributed by atoms with van der Waals surface area (Å²) in [5, 5.41) is 2.19. The molecule has 2 aromatic rings. The van der Waals surface area contributed by atoms with Crippen LogP contribution in [0, 0.1) is 17.5 Å². The number of rotatable bonds is 2. The number of amides is 1. The highest BCUT2D eigenvalue weighted by Gasteiger charge is 2.15. The molecule has 0 saturated heterocycles. The fourth-order valence-corrected chi connectivity index (χ4v) is 1.43. The van der Waals surface area contributed by atoms with Gasteiger partial charge in [0.05, 0.1) is 17.4 Å². The number of carbonyl (C=O) groups excluding carboxylic acids is 1. The summed E-state index contributed by atoms with van der Waals surface area (Å²) < 4.78 is 39.2. The first-order chi connectivity index (χ1) is 8.99. The molecule has 0 fully saturated rings. The largest absolute Gasteiger partial charge is 0.398 e. The highest BCUT2D eigenvalue weighted by Crippen LogP contribution is 2.19. The lowest BCUT2D eigenvalue weighted by atomic mass is 10.1. The predicted octanol–water partition coefficient (Wildman–Crippen LogP) is 2.33. The van der Waals surface area contributed by atoms with Gasteiger partial charge in [0.15, 0.2) is 17.5 Å². The van der Waals surface area contributed by atoms with Gasteiger partial charge in [-0.3, -0.25) is 9.78 Å². The molecule has 19 heavy (non-hydrogen) atoms. The number of hydrogen-bond acceptors (Lipinski definition) is 3. The highest BCUT2D eigenvalue weighted by molar-refractivity contribution is 6.07. The van der Waals surface area contributed by atoms with Gasteiger partial charge in [-0.2, -0.15) is 0 Å². The molecular formula is C12H8F3N3O. The van der Waals surface area contributed by atoms with E-state index in [1.54, 1.807) is 0 Å². The van der Waals surface area contributed by atoms with Crippen LogP contribution in [0.1, 0.15) is 10.4 Å². The fraction of sp³-hybridized carbons (Fsp3) is 0. The van der Waals surface area contributed by atoms with Gasteiger partial charge in [0.2, 0.25) is 0 Å². The van der Waals surface area contributed by atoms with Gasteiger partial charge in [0.25, 0.3) is 5.91 Å². The van der Waals surface area contributed by atoms with Crippen LogP contribution in [0.3, 0.4) is 0 Å². The molecule has 1 amide bonds. The minimum Gasteiger partial charge on any atom is -0.398 e. The number of nitrogens with zero attached hydrogens (tertiary/aromatic N) is 1. The van der Waals surface area contributed by atoms with E-state index in [2.05, 4.69) is 10.3 Å². The molecular weight excluding hydrogens is 259 g/mol. The Balaban J connectivity index is 2.31. The van der Waals surface area contributed by atoms with Crippen molar-refractivity contribution in [2.45, 2.75) is 0 Å². The summed E-state index contributed by atoms with van der Waals surface area (Å²) in [4.78, 5) is 15.3. The number of nitrogens with two attached hydrogens (primary N) is 1. The third-order valence-electron chi connectivity index (χ3n) is 2.36. The second kappa shape index (κ2) is 4.97. The number of halogens is 3. The third kappa shape index (κ3) is 2.65. The van der Waals surface area contributed by atoms with Gasteiger partial charge in [-0.25, -0.2) is 13.2 Å². The highest BCUT2D eigenvalue weighted by atomic mass is 19.2. The molecule has 0 bridgehead atoms. The van der Waals surface area contributed by atoms with Crippen molar-refractivity contribution >= 4 is 17.3 Å². The summed E-state index contributed by atoms with van der Waals surface area (Å²) in [5.74, 6) is -3.97. The number of pyridine rings is 1. The number of nitrogens with one attached hydrogen (secondary N) is 1. The Hall–Kier alpha value is -2.57. The Labute approximate surface area is 106 Å². The van der Waals surface area contributed by atoms with Crippen molar-refractivity contribution in [1.82, 2.24) is 4.98 Å². The van der Waals surface area contributed by atoms with Crippen molar-refractivity contribution in [3.05, 3.63) is 53.6 Å². The summed E-state index contributed by atoms with van der Waals surface area (Å²) in [6.45, 7) is 0. The standard InChI is InChI=1S/C12H8F3N3O/c13-7-3-6(10(16)4-8(7)14)12(19)18-11-1-2-17-5-9(11)15/h1-5H,16H2,(H,17,18,19). The number of benzene rings is 1. The molecule has 2 rings (SSSR count). The first-order valence-electron chi connectivity index (χ1n) is 5.14. The number of aromatic nitrogens is 1. The molecule has 98 valence electrons. The molecule has 0 aliphatic rings. The first-order valence-corrected chi connectivity index (χ1v) is 5.14. The van der Waals surface area contributed by atoms with Crippen molar-refractivity contribution in [3.63, 3.8) is 0 Å². The van der Waals surface area contributed by atoms with E-state index in [1.807, 2.05) is 0 Å². The van der Waals surface area contributed by atoms with Crippen LogP contribution in [0.4, 0.5) is 24.5 Å². The molecule has 0 saturated carbocycles. The molecule has 0 spiro atoms. The molecule has 7 heteroatoms. The maximum Gasteiger partial charge on any atom is 0.257 e. The van der Waals surface area contributed by atoms with Crippen molar-refractivity contribution < 1.29 is 18.0 Å². The predicted molar refractivity (Wildman–Crippen MR) is 62.9 cm³/mol. The average Bonchev–Trinajstić information content (AvgIpc) is 2.36. The van der Waals surface area contributed by atoms with Crippen molar-refractivity contribution in [1.29, 1.82) is 0 Å². The zero-order chi connectivity index (χ0) is 14.0. The first kappa shape index (κ1) is 12.9. The summed E-state index contributed by atoms with van der Waals surface area (Å²) >= 11 is 0. The second-order valence-corrected chi connectivity index (χ2v) is 3.66. The smallest absolute Gasteiger partial charge is 0.257 e. The Bertz CT molecular complexity index is 646. The average molecular weight is 267 g/mol. The van der Waals surface area contributed by atoms with Crippen LogP contribution in [-0.4, -0.2) is 10.9 Å². The van der Waals surface area contributed by atoms with Crippen molar-refractivity contribution in [2.24, 2.45) is 0 Å². The summed E-state index contributed by atoms with van der Waals surface area (Å²) in [7, 11) is 0. The Morgan fingerprint density at radius 3 is 2.53 bits per heavy atom.